The van der Waals surface area contributed by atoms with Gasteiger partial charge in [0.25, 0.3) is 5.91 Å². The van der Waals surface area contributed by atoms with Gasteiger partial charge in [0.2, 0.25) is 0 Å². The van der Waals surface area contributed by atoms with Crippen molar-refractivity contribution in [3.05, 3.63) is 35.4 Å². The topological polar surface area (TPSA) is 58.6 Å². The third kappa shape index (κ3) is 4.99. The average Bonchev–Trinajstić information content (AvgIpc) is 2.46. The second-order valence-corrected chi connectivity index (χ2v) is 4.96. The van der Waals surface area contributed by atoms with E-state index in [1.165, 1.54) is 13.0 Å². The summed E-state index contributed by atoms with van der Waals surface area (Å²) in [4.78, 5) is 12.0. The number of aliphatic hydroxyl groups is 1. The number of hydrogen-bond acceptors (Lipinski definition) is 3. The highest BCUT2D eigenvalue weighted by Crippen LogP contribution is 2.32. The van der Waals surface area contributed by atoms with E-state index in [-0.39, 0.29) is 12.1 Å². The molecule has 1 amide bonds. The number of carbonyl (C=O) groups is 1. The van der Waals surface area contributed by atoms with E-state index in [9.17, 15) is 23.1 Å². The zero-order chi connectivity index (χ0) is 16.8. The van der Waals surface area contributed by atoms with Crippen molar-refractivity contribution in [1.82, 2.24) is 5.32 Å². The van der Waals surface area contributed by atoms with E-state index >= 15 is 0 Å². The zero-order valence-corrected chi connectivity index (χ0v) is 12.5. The standard InChI is InChI=1S/C15H20F3NO3/c1-3-22-9-5-8-19-13(20)14(2,21)11-6-4-7-12(10-11)15(16,17)18/h4,6-7,10,21H,3,5,8-9H2,1-2H3,(H,19,20). The summed E-state index contributed by atoms with van der Waals surface area (Å²) in [6.45, 7) is 4.31. The lowest BCUT2D eigenvalue weighted by Crippen LogP contribution is -2.42. The normalized spacial score (nSPS) is 14.5. The molecule has 0 saturated heterocycles. The molecule has 0 spiro atoms. The smallest absolute Gasteiger partial charge is 0.382 e. The van der Waals surface area contributed by atoms with Crippen LogP contribution in [0.4, 0.5) is 13.2 Å². The molecule has 1 rings (SSSR count). The van der Waals surface area contributed by atoms with Gasteiger partial charge in [0.1, 0.15) is 0 Å². The molecule has 0 aliphatic carbocycles. The molecular formula is C15H20F3NO3. The first kappa shape index (κ1) is 18.4. The van der Waals surface area contributed by atoms with Gasteiger partial charge in [-0.25, -0.2) is 0 Å². The lowest BCUT2D eigenvalue weighted by atomic mass is 9.93. The summed E-state index contributed by atoms with van der Waals surface area (Å²) in [5.41, 5.74) is -3.05. The number of alkyl halides is 3. The number of carbonyl (C=O) groups excluding carboxylic acids is 1. The third-order valence-corrected chi connectivity index (χ3v) is 3.15. The predicted octanol–water partition coefficient (Wildman–Crippen LogP) is 2.46. The van der Waals surface area contributed by atoms with Crippen molar-refractivity contribution in [2.45, 2.75) is 32.0 Å². The van der Waals surface area contributed by atoms with E-state index in [1.54, 1.807) is 0 Å². The highest BCUT2D eigenvalue weighted by Gasteiger charge is 2.36. The maximum absolute atomic E-state index is 12.7. The summed E-state index contributed by atoms with van der Waals surface area (Å²) in [5, 5.41) is 12.7. The van der Waals surface area contributed by atoms with Crippen LogP contribution in [0.3, 0.4) is 0 Å². The Kier molecular flexibility index (Phi) is 6.37. The van der Waals surface area contributed by atoms with Gasteiger partial charge in [0.05, 0.1) is 5.56 Å². The first-order valence-corrected chi connectivity index (χ1v) is 6.95. The Hall–Kier alpha value is -1.60. The Morgan fingerprint density at radius 3 is 2.55 bits per heavy atom. The first-order chi connectivity index (χ1) is 10.2. The molecule has 4 nitrogen and oxygen atoms in total. The highest BCUT2D eigenvalue weighted by atomic mass is 19.4. The lowest BCUT2D eigenvalue weighted by molar-refractivity contribution is -0.141. The molecule has 2 N–H and O–H groups in total. The van der Waals surface area contributed by atoms with Crippen molar-refractivity contribution in [2.75, 3.05) is 19.8 Å². The fraction of sp³-hybridized carbons (Fsp3) is 0.533. The SMILES string of the molecule is CCOCCCNC(=O)C(C)(O)c1cccc(C(F)(F)F)c1. The fourth-order valence-corrected chi connectivity index (χ4v) is 1.82. The van der Waals surface area contributed by atoms with E-state index in [0.29, 0.717) is 19.6 Å². The molecule has 1 atom stereocenters. The molecular weight excluding hydrogens is 299 g/mol. The third-order valence-electron chi connectivity index (χ3n) is 3.15. The maximum atomic E-state index is 12.7. The number of ether oxygens (including phenoxy) is 1. The van der Waals surface area contributed by atoms with E-state index in [1.807, 2.05) is 6.92 Å². The van der Waals surface area contributed by atoms with Crippen LogP contribution in [0.15, 0.2) is 24.3 Å². The first-order valence-electron chi connectivity index (χ1n) is 6.95. The Morgan fingerprint density at radius 2 is 1.95 bits per heavy atom. The lowest BCUT2D eigenvalue weighted by Gasteiger charge is -2.23. The van der Waals surface area contributed by atoms with Gasteiger partial charge in [-0.2, -0.15) is 13.2 Å². The number of hydrogen-bond donors (Lipinski definition) is 2. The monoisotopic (exact) mass is 319 g/mol. The number of benzene rings is 1. The summed E-state index contributed by atoms with van der Waals surface area (Å²) < 4.78 is 43.1. The molecule has 1 aromatic carbocycles. The van der Waals surface area contributed by atoms with Crippen molar-refractivity contribution in [3.63, 3.8) is 0 Å². The summed E-state index contributed by atoms with van der Waals surface area (Å²) in [5.74, 6) is -0.747. The Labute approximate surface area is 127 Å². The number of amides is 1. The van der Waals surface area contributed by atoms with Crippen LogP contribution < -0.4 is 5.32 Å². The second-order valence-electron chi connectivity index (χ2n) is 4.96. The Morgan fingerprint density at radius 1 is 1.32 bits per heavy atom. The van der Waals surface area contributed by atoms with E-state index in [4.69, 9.17) is 4.74 Å². The maximum Gasteiger partial charge on any atom is 0.416 e. The van der Waals surface area contributed by atoms with E-state index in [0.717, 1.165) is 18.2 Å². The molecule has 0 saturated carbocycles. The van der Waals surface area contributed by atoms with E-state index in [2.05, 4.69) is 5.32 Å². The van der Waals surface area contributed by atoms with Gasteiger partial charge < -0.3 is 15.2 Å². The minimum absolute atomic E-state index is 0.107. The molecule has 1 unspecified atom stereocenters. The van der Waals surface area contributed by atoms with Crippen LogP contribution in [0.2, 0.25) is 0 Å². The molecule has 7 heteroatoms. The van der Waals surface area contributed by atoms with Gasteiger partial charge in [-0.3, -0.25) is 4.79 Å². The summed E-state index contributed by atoms with van der Waals surface area (Å²) in [6, 6.07) is 4.11. The molecule has 0 aromatic heterocycles. The molecule has 0 radical (unpaired) electrons. The second kappa shape index (κ2) is 7.60. The van der Waals surface area contributed by atoms with Gasteiger partial charge >= 0.3 is 6.18 Å². The van der Waals surface area contributed by atoms with Crippen molar-refractivity contribution < 1.29 is 27.8 Å². The predicted molar refractivity (Wildman–Crippen MR) is 75.1 cm³/mol. The quantitative estimate of drug-likeness (QED) is 0.759. The summed E-state index contributed by atoms with van der Waals surface area (Å²) >= 11 is 0. The molecule has 0 aliphatic heterocycles. The molecule has 0 aliphatic rings. The van der Waals surface area contributed by atoms with Gasteiger partial charge in [0.15, 0.2) is 5.60 Å². The van der Waals surface area contributed by atoms with Crippen LogP contribution in [0, 0.1) is 0 Å². The van der Waals surface area contributed by atoms with Gasteiger partial charge in [-0.15, -0.1) is 0 Å². The van der Waals surface area contributed by atoms with Crippen LogP contribution in [0.25, 0.3) is 0 Å². The number of nitrogens with one attached hydrogen (secondary N) is 1. The zero-order valence-electron chi connectivity index (χ0n) is 12.5. The summed E-state index contributed by atoms with van der Waals surface area (Å²) in [6.07, 6.45) is -3.97. The van der Waals surface area contributed by atoms with Crippen LogP contribution >= 0.6 is 0 Å². The molecule has 22 heavy (non-hydrogen) atoms. The Bertz CT molecular complexity index is 501. The molecule has 0 heterocycles. The average molecular weight is 319 g/mol. The van der Waals surface area contributed by atoms with Crippen molar-refractivity contribution in [3.8, 4) is 0 Å². The molecule has 124 valence electrons. The van der Waals surface area contributed by atoms with Gasteiger partial charge in [-0.05, 0) is 38.0 Å². The Balaban J connectivity index is 2.74. The van der Waals surface area contributed by atoms with Crippen LogP contribution in [-0.2, 0) is 21.3 Å². The summed E-state index contributed by atoms with van der Waals surface area (Å²) in [7, 11) is 0. The van der Waals surface area contributed by atoms with Gasteiger partial charge in [-0.1, -0.05) is 12.1 Å². The van der Waals surface area contributed by atoms with Crippen LogP contribution in [-0.4, -0.2) is 30.8 Å². The van der Waals surface area contributed by atoms with Gasteiger partial charge in [0, 0.05) is 19.8 Å². The number of halogens is 3. The minimum Gasteiger partial charge on any atom is -0.382 e. The van der Waals surface area contributed by atoms with E-state index < -0.39 is 23.2 Å². The van der Waals surface area contributed by atoms with Crippen LogP contribution in [0.1, 0.15) is 31.4 Å². The molecule has 0 bridgehead atoms. The highest BCUT2D eigenvalue weighted by molar-refractivity contribution is 5.85. The largest absolute Gasteiger partial charge is 0.416 e. The van der Waals surface area contributed by atoms with Crippen molar-refractivity contribution >= 4 is 5.91 Å². The van der Waals surface area contributed by atoms with Crippen molar-refractivity contribution in [2.24, 2.45) is 0 Å². The minimum atomic E-state index is -4.53. The number of rotatable bonds is 7. The molecule has 1 aromatic rings. The van der Waals surface area contributed by atoms with Crippen LogP contribution in [0.5, 0.6) is 0 Å². The van der Waals surface area contributed by atoms with Crippen molar-refractivity contribution in [1.29, 1.82) is 0 Å². The fourth-order valence-electron chi connectivity index (χ4n) is 1.82. The molecule has 0 fully saturated rings.